The fourth-order valence-electron chi connectivity index (χ4n) is 3.04. The average Bonchev–Trinajstić information content (AvgIpc) is 2.83. The molecule has 0 spiro atoms. The summed E-state index contributed by atoms with van der Waals surface area (Å²) in [6.07, 6.45) is 1.21. The molecule has 0 saturated heterocycles. The van der Waals surface area contributed by atoms with Crippen molar-refractivity contribution in [3.05, 3.63) is 104 Å². The summed E-state index contributed by atoms with van der Waals surface area (Å²) in [6.45, 7) is 1.36. The second kappa shape index (κ2) is 10.9. The van der Waals surface area contributed by atoms with E-state index in [4.69, 9.17) is 0 Å². The zero-order valence-corrected chi connectivity index (χ0v) is 18.9. The predicted molar refractivity (Wildman–Crippen MR) is 129 cm³/mol. The zero-order valence-electron chi connectivity index (χ0n) is 18.1. The second-order valence-electron chi connectivity index (χ2n) is 7.07. The summed E-state index contributed by atoms with van der Waals surface area (Å²) in [5.41, 5.74) is -0.251. The normalized spacial score (nSPS) is 10.8. The van der Waals surface area contributed by atoms with Gasteiger partial charge in [-0.15, -0.1) is 0 Å². The van der Waals surface area contributed by atoms with Gasteiger partial charge >= 0.3 is 0 Å². The molecule has 3 aromatic rings. The maximum absolute atomic E-state index is 12.9. The molecule has 0 atom stereocenters. The van der Waals surface area contributed by atoms with Gasteiger partial charge in [-0.1, -0.05) is 36.0 Å². The Morgan fingerprint density at radius 1 is 0.943 bits per heavy atom. The predicted octanol–water partition coefficient (Wildman–Crippen LogP) is 5.40. The van der Waals surface area contributed by atoms with E-state index in [1.54, 1.807) is 30.3 Å². The van der Waals surface area contributed by atoms with Crippen molar-refractivity contribution in [2.45, 2.75) is 16.7 Å². The lowest BCUT2D eigenvalue weighted by Crippen LogP contribution is -2.06. The highest BCUT2D eigenvalue weighted by atomic mass is 32.2. The van der Waals surface area contributed by atoms with Gasteiger partial charge in [0.15, 0.2) is 0 Å². The van der Waals surface area contributed by atoms with E-state index in [1.165, 1.54) is 61.2 Å². The third-order valence-corrected chi connectivity index (χ3v) is 5.77. The van der Waals surface area contributed by atoms with Gasteiger partial charge in [0.25, 0.3) is 11.4 Å². The molecule has 0 fully saturated rings. The first-order valence-corrected chi connectivity index (χ1v) is 10.7. The number of hydrogen-bond acceptors (Lipinski definition) is 8. The third-order valence-electron chi connectivity index (χ3n) is 4.61. The van der Waals surface area contributed by atoms with Gasteiger partial charge in [-0.25, -0.2) is 0 Å². The number of allylic oxidation sites excluding steroid dienone is 1. The van der Waals surface area contributed by atoms with Crippen LogP contribution in [0.3, 0.4) is 0 Å². The van der Waals surface area contributed by atoms with Gasteiger partial charge in [0.1, 0.15) is 11.6 Å². The van der Waals surface area contributed by atoms with E-state index in [9.17, 15) is 35.1 Å². The highest BCUT2D eigenvalue weighted by Gasteiger charge is 2.18. The highest BCUT2D eigenvalue weighted by molar-refractivity contribution is 7.99. The molecule has 3 rings (SSSR count). The van der Waals surface area contributed by atoms with Crippen LogP contribution in [0.15, 0.2) is 82.1 Å². The molecule has 0 aliphatic heterocycles. The minimum atomic E-state index is -0.766. The number of amides is 1. The van der Waals surface area contributed by atoms with Crippen LogP contribution in [0, 0.1) is 31.6 Å². The molecule has 10 nitrogen and oxygen atoms in total. The van der Waals surface area contributed by atoms with Crippen molar-refractivity contribution in [2.24, 2.45) is 0 Å². The van der Waals surface area contributed by atoms with Crippen LogP contribution < -0.4 is 5.32 Å². The minimum absolute atomic E-state index is 0.0670. The summed E-state index contributed by atoms with van der Waals surface area (Å²) in [6, 6.07) is 17.6. The van der Waals surface area contributed by atoms with Crippen molar-refractivity contribution < 1.29 is 19.4 Å². The molecule has 0 bridgehead atoms. The van der Waals surface area contributed by atoms with Crippen molar-refractivity contribution in [1.82, 2.24) is 0 Å². The number of nitrogens with one attached hydrogen (secondary N) is 1. The molecular weight excluding hydrogens is 472 g/mol. The molecule has 1 N–H and O–H groups in total. The lowest BCUT2D eigenvalue weighted by atomic mass is 10.0. The maximum Gasteiger partial charge on any atom is 0.270 e. The fraction of sp³-hybridized carbons (Fsp3) is 0.0417. The number of carbonyl (C=O) groups excluding carboxylic acids is 2. The molecule has 0 radical (unpaired) electrons. The summed E-state index contributed by atoms with van der Waals surface area (Å²) < 4.78 is 0. The molecule has 3 aromatic carbocycles. The Hall–Kier alpha value is -4.82. The summed E-state index contributed by atoms with van der Waals surface area (Å²) in [5.74, 6) is -1.05. The highest BCUT2D eigenvalue weighted by Crippen LogP contribution is 2.37. The molecule has 0 saturated carbocycles. The Morgan fingerprint density at radius 2 is 1.63 bits per heavy atom. The number of para-hydroxylation sites is 1. The minimum Gasteiger partial charge on any atom is -0.325 e. The number of Topliss-reactive ketones (excluding diaryl/α,β-unsaturated/α-hetero) is 1. The molecule has 0 heterocycles. The van der Waals surface area contributed by atoms with Gasteiger partial charge in [-0.2, -0.15) is 5.26 Å². The first kappa shape index (κ1) is 24.8. The van der Waals surface area contributed by atoms with Crippen molar-refractivity contribution in [3.63, 3.8) is 0 Å². The molecule has 0 aliphatic carbocycles. The molecule has 0 aliphatic rings. The average molecular weight is 488 g/mol. The quantitative estimate of drug-likeness (QED) is 0.145. The number of nitrogens with zero attached hydrogens (tertiary/aromatic N) is 3. The van der Waals surface area contributed by atoms with Crippen molar-refractivity contribution in [1.29, 1.82) is 5.26 Å². The topological polar surface area (TPSA) is 156 Å². The molecular formula is C24H16N4O6S. The van der Waals surface area contributed by atoms with Crippen LogP contribution in [0.25, 0.3) is 6.08 Å². The number of nitro groups is 2. The lowest BCUT2D eigenvalue weighted by molar-refractivity contribution is -0.385. The van der Waals surface area contributed by atoms with Gasteiger partial charge in [0, 0.05) is 46.5 Å². The van der Waals surface area contributed by atoms with E-state index in [0.29, 0.717) is 15.5 Å². The third kappa shape index (κ3) is 6.16. The number of non-ortho nitro benzene ring substituents is 2. The number of nitro benzene ring substituents is 2. The van der Waals surface area contributed by atoms with E-state index in [1.807, 2.05) is 0 Å². The van der Waals surface area contributed by atoms with Crippen LogP contribution in [-0.4, -0.2) is 21.5 Å². The van der Waals surface area contributed by atoms with Crippen LogP contribution in [-0.2, 0) is 4.79 Å². The fourth-order valence-corrected chi connectivity index (χ4v) is 4.03. The molecule has 0 unspecified atom stereocenters. The number of rotatable bonds is 8. The smallest absolute Gasteiger partial charge is 0.270 e. The number of anilines is 1. The van der Waals surface area contributed by atoms with Crippen LogP contribution >= 0.6 is 11.8 Å². The largest absolute Gasteiger partial charge is 0.325 e. The van der Waals surface area contributed by atoms with Crippen molar-refractivity contribution in [3.8, 4) is 6.07 Å². The Bertz CT molecular complexity index is 1430. The summed E-state index contributed by atoms with van der Waals surface area (Å²) in [7, 11) is 0. The van der Waals surface area contributed by atoms with E-state index >= 15 is 0 Å². The van der Waals surface area contributed by atoms with E-state index in [2.05, 4.69) is 5.32 Å². The first-order chi connectivity index (χ1) is 16.7. The second-order valence-corrected chi connectivity index (χ2v) is 8.15. The molecule has 1 amide bonds. The summed E-state index contributed by atoms with van der Waals surface area (Å²) in [4.78, 5) is 46.7. The van der Waals surface area contributed by atoms with Crippen LogP contribution in [0.2, 0.25) is 0 Å². The van der Waals surface area contributed by atoms with Crippen LogP contribution in [0.1, 0.15) is 22.8 Å². The molecule has 11 heteroatoms. The standard InChI is InChI=1S/C24H16N4O6S/c1-15(29)26-21-7-2-3-8-23(21)35-22-10-9-20(28(33)34)13-17(22)11-18(14-25)24(30)16-5-4-6-19(12-16)27(31)32/h2-13H,1H3,(H,26,29). The van der Waals surface area contributed by atoms with E-state index in [-0.39, 0.29) is 34.0 Å². The summed E-state index contributed by atoms with van der Waals surface area (Å²) in [5, 5.41) is 34.7. The number of carbonyl (C=O) groups is 2. The maximum atomic E-state index is 12.9. The van der Waals surface area contributed by atoms with Crippen molar-refractivity contribution >= 4 is 46.6 Å². The monoisotopic (exact) mass is 488 g/mol. The number of hydrogen-bond donors (Lipinski definition) is 1. The van der Waals surface area contributed by atoms with Gasteiger partial charge < -0.3 is 5.32 Å². The summed E-state index contributed by atoms with van der Waals surface area (Å²) >= 11 is 1.18. The Labute approximate surface area is 203 Å². The van der Waals surface area contributed by atoms with Crippen LogP contribution in [0.4, 0.5) is 17.1 Å². The number of ketones is 1. The van der Waals surface area contributed by atoms with Gasteiger partial charge in [-0.05, 0) is 29.8 Å². The van der Waals surface area contributed by atoms with E-state index in [0.717, 1.165) is 6.07 Å². The molecule has 35 heavy (non-hydrogen) atoms. The number of nitriles is 1. The molecule has 0 aromatic heterocycles. The molecule has 174 valence electrons. The SMILES string of the molecule is CC(=O)Nc1ccccc1Sc1ccc([N+](=O)[O-])cc1C=C(C#N)C(=O)c1cccc([N+](=O)[O-])c1. The Morgan fingerprint density at radius 3 is 2.29 bits per heavy atom. The van der Waals surface area contributed by atoms with E-state index < -0.39 is 15.6 Å². The zero-order chi connectivity index (χ0) is 25.5. The van der Waals surface area contributed by atoms with Crippen molar-refractivity contribution in [2.75, 3.05) is 5.32 Å². The Balaban J connectivity index is 2.08. The van der Waals surface area contributed by atoms with Gasteiger partial charge in [0.2, 0.25) is 11.7 Å². The van der Waals surface area contributed by atoms with Crippen LogP contribution in [0.5, 0.6) is 0 Å². The van der Waals surface area contributed by atoms with Gasteiger partial charge in [0.05, 0.1) is 15.5 Å². The van der Waals surface area contributed by atoms with Gasteiger partial charge in [-0.3, -0.25) is 29.8 Å². The lowest BCUT2D eigenvalue weighted by Gasteiger charge is -2.11. The Kier molecular flexibility index (Phi) is 7.70. The first-order valence-electron chi connectivity index (χ1n) is 9.93. The number of benzene rings is 3.